The van der Waals surface area contributed by atoms with Crippen molar-refractivity contribution in [3.63, 3.8) is 0 Å². The predicted molar refractivity (Wildman–Crippen MR) is 57.6 cm³/mol. The van der Waals surface area contributed by atoms with E-state index in [4.69, 9.17) is 4.74 Å². The lowest BCUT2D eigenvalue weighted by Gasteiger charge is -2.26. The van der Waals surface area contributed by atoms with Crippen LogP contribution in [0.5, 0.6) is 0 Å². The molecule has 0 amide bonds. The van der Waals surface area contributed by atoms with E-state index in [1.165, 1.54) is 0 Å². The number of ether oxygens (including phenoxy) is 1. The Morgan fingerprint density at radius 3 is 2.71 bits per heavy atom. The van der Waals surface area contributed by atoms with E-state index in [1.807, 2.05) is 37.3 Å². The fourth-order valence-corrected chi connectivity index (χ4v) is 2.70. The van der Waals surface area contributed by atoms with E-state index in [1.54, 1.807) is 0 Å². The molecule has 1 fully saturated rings. The minimum absolute atomic E-state index is 0.0215. The van der Waals surface area contributed by atoms with E-state index in [-0.39, 0.29) is 11.4 Å². The minimum Gasteiger partial charge on any atom is -0.371 e. The summed E-state index contributed by atoms with van der Waals surface area (Å²) in [6.45, 7) is 2.57. The molecule has 1 saturated heterocycles. The van der Waals surface area contributed by atoms with Crippen molar-refractivity contribution in [3.05, 3.63) is 35.9 Å². The highest BCUT2D eigenvalue weighted by Crippen LogP contribution is 2.24. The molecule has 0 unspecified atom stereocenters. The summed E-state index contributed by atoms with van der Waals surface area (Å²) >= 11 is 0. The molecule has 2 nitrogen and oxygen atoms in total. The molecule has 1 aromatic rings. The molecule has 0 N–H and O–H groups in total. The van der Waals surface area contributed by atoms with Gasteiger partial charge in [0, 0.05) is 10.8 Å². The Morgan fingerprint density at radius 1 is 1.36 bits per heavy atom. The van der Waals surface area contributed by atoms with Gasteiger partial charge in [-0.2, -0.15) is 0 Å². The third kappa shape index (κ3) is 2.04. The average Bonchev–Trinajstić information content (AvgIpc) is 2.23. The summed E-state index contributed by atoms with van der Waals surface area (Å²) in [7, 11) is -0.741. The first-order chi connectivity index (χ1) is 6.77. The van der Waals surface area contributed by atoms with Crippen molar-refractivity contribution < 1.29 is 8.95 Å². The Balaban J connectivity index is 2.11. The zero-order chi connectivity index (χ0) is 9.97. The highest BCUT2D eigenvalue weighted by Gasteiger charge is 2.25. The molecular formula is C11H14O2S. The maximum Gasteiger partial charge on any atom is 0.0940 e. The van der Waals surface area contributed by atoms with Crippen molar-refractivity contribution in [1.82, 2.24) is 0 Å². The smallest absolute Gasteiger partial charge is 0.0940 e. The molecule has 2 rings (SSSR count). The molecule has 0 aromatic heterocycles. The van der Waals surface area contributed by atoms with Crippen molar-refractivity contribution in [2.45, 2.75) is 18.3 Å². The van der Waals surface area contributed by atoms with Crippen LogP contribution in [-0.4, -0.2) is 21.8 Å². The van der Waals surface area contributed by atoms with E-state index in [0.29, 0.717) is 12.4 Å². The summed E-state index contributed by atoms with van der Waals surface area (Å²) in [5.74, 6) is 0.630. The van der Waals surface area contributed by atoms with E-state index in [9.17, 15) is 4.21 Å². The van der Waals surface area contributed by atoms with E-state index < -0.39 is 10.8 Å². The van der Waals surface area contributed by atoms with Crippen LogP contribution in [0.3, 0.4) is 0 Å². The largest absolute Gasteiger partial charge is 0.371 e. The second kappa shape index (κ2) is 4.24. The molecule has 3 atom stereocenters. The molecule has 0 aliphatic carbocycles. The van der Waals surface area contributed by atoms with Gasteiger partial charge in [-0.1, -0.05) is 30.3 Å². The summed E-state index contributed by atoms with van der Waals surface area (Å²) in [6, 6.07) is 10.0. The van der Waals surface area contributed by atoms with Gasteiger partial charge in [-0.3, -0.25) is 4.21 Å². The summed E-state index contributed by atoms with van der Waals surface area (Å²) in [6.07, 6.45) is 0.0215. The highest BCUT2D eigenvalue weighted by atomic mass is 32.2. The SMILES string of the molecule is C[C@H]1CO[C@H](c2ccccc2)C[S@]1=O. The first kappa shape index (κ1) is 9.87. The van der Waals surface area contributed by atoms with Crippen LogP contribution >= 0.6 is 0 Å². The highest BCUT2D eigenvalue weighted by molar-refractivity contribution is 7.85. The second-order valence-electron chi connectivity index (χ2n) is 3.59. The van der Waals surface area contributed by atoms with Crippen LogP contribution in [-0.2, 0) is 15.5 Å². The van der Waals surface area contributed by atoms with E-state index >= 15 is 0 Å². The summed E-state index contributed by atoms with van der Waals surface area (Å²) in [4.78, 5) is 0. The second-order valence-corrected chi connectivity index (χ2v) is 5.49. The molecule has 1 aliphatic heterocycles. The van der Waals surface area contributed by atoms with Gasteiger partial charge >= 0.3 is 0 Å². The maximum atomic E-state index is 11.6. The van der Waals surface area contributed by atoms with Crippen LogP contribution in [0.25, 0.3) is 0 Å². The van der Waals surface area contributed by atoms with Crippen molar-refractivity contribution in [1.29, 1.82) is 0 Å². The zero-order valence-corrected chi connectivity index (χ0v) is 9.00. The van der Waals surface area contributed by atoms with Gasteiger partial charge in [-0.25, -0.2) is 0 Å². The molecule has 3 heteroatoms. The zero-order valence-electron chi connectivity index (χ0n) is 8.18. The Morgan fingerprint density at radius 2 is 2.07 bits per heavy atom. The topological polar surface area (TPSA) is 26.3 Å². The van der Waals surface area contributed by atoms with Crippen LogP contribution < -0.4 is 0 Å². The standard InChI is InChI=1S/C11H14O2S/c1-9-7-13-11(8-14(9)12)10-5-3-2-4-6-10/h2-6,9,11H,7-8H2,1H3/t9-,11-,14+/m0/s1. The molecule has 0 radical (unpaired) electrons. The molecule has 1 heterocycles. The fraction of sp³-hybridized carbons (Fsp3) is 0.455. The van der Waals surface area contributed by atoms with Crippen LogP contribution in [0, 0.1) is 0 Å². The third-order valence-corrected chi connectivity index (χ3v) is 4.13. The Hall–Kier alpha value is -0.670. The first-order valence-corrected chi connectivity index (χ1v) is 6.19. The molecular weight excluding hydrogens is 196 g/mol. The van der Waals surface area contributed by atoms with Crippen molar-refractivity contribution in [2.24, 2.45) is 0 Å². The van der Waals surface area contributed by atoms with Crippen LogP contribution in [0.15, 0.2) is 30.3 Å². The van der Waals surface area contributed by atoms with E-state index in [2.05, 4.69) is 0 Å². The summed E-state index contributed by atoms with van der Waals surface area (Å²) < 4.78 is 17.3. The van der Waals surface area contributed by atoms with Crippen LogP contribution in [0.1, 0.15) is 18.6 Å². The molecule has 1 aromatic carbocycles. The van der Waals surface area contributed by atoms with Gasteiger partial charge in [-0.05, 0) is 12.5 Å². The third-order valence-electron chi connectivity index (χ3n) is 2.47. The van der Waals surface area contributed by atoms with Crippen LogP contribution in [0.4, 0.5) is 0 Å². The Kier molecular flexibility index (Phi) is 2.99. The Bertz CT molecular complexity index is 323. The summed E-state index contributed by atoms with van der Waals surface area (Å²) in [5, 5.41) is 0.176. The molecule has 76 valence electrons. The van der Waals surface area contributed by atoms with Gasteiger partial charge < -0.3 is 4.74 Å². The van der Waals surface area contributed by atoms with Crippen molar-refractivity contribution in [3.8, 4) is 0 Å². The van der Waals surface area contributed by atoms with Gasteiger partial charge in [-0.15, -0.1) is 0 Å². The monoisotopic (exact) mass is 210 g/mol. The minimum atomic E-state index is -0.741. The van der Waals surface area contributed by atoms with E-state index in [0.717, 1.165) is 5.56 Å². The van der Waals surface area contributed by atoms with Gasteiger partial charge in [0.15, 0.2) is 0 Å². The van der Waals surface area contributed by atoms with Gasteiger partial charge in [0.2, 0.25) is 0 Å². The maximum absolute atomic E-state index is 11.6. The fourth-order valence-electron chi connectivity index (χ4n) is 1.55. The van der Waals surface area contributed by atoms with Gasteiger partial charge in [0.25, 0.3) is 0 Å². The van der Waals surface area contributed by atoms with Crippen LogP contribution in [0.2, 0.25) is 0 Å². The van der Waals surface area contributed by atoms with Crippen molar-refractivity contribution in [2.75, 3.05) is 12.4 Å². The molecule has 0 spiro atoms. The lowest BCUT2D eigenvalue weighted by atomic mass is 10.1. The van der Waals surface area contributed by atoms with Gasteiger partial charge in [0.1, 0.15) is 0 Å². The molecule has 14 heavy (non-hydrogen) atoms. The molecule has 0 bridgehead atoms. The lowest BCUT2D eigenvalue weighted by Crippen LogP contribution is -2.31. The average molecular weight is 210 g/mol. The number of benzene rings is 1. The quantitative estimate of drug-likeness (QED) is 0.707. The summed E-state index contributed by atoms with van der Waals surface area (Å²) in [5.41, 5.74) is 1.13. The molecule has 1 aliphatic rings. The number of rotatable bonds is 1. The molecule has 0 saturated carbocycles. The number of hydrogen-bond acceptors (Lipinski definition) is 2. The Labute approximate surface area is 86.7 Å². The number of hydrogen-bond donors (Lipinski definition) is 0. The normalized spacial score (nSPS) is 32.8. The van der Waals surface area contributed by atoms with Crippen molar-refractivity contribution >= 4 is 10.8 Å². The first-order valence-electron chi connectivity index (χ1n) is 4.81. The predicted octanol–water partition coefficient (Wildman–Crippen LogP) is 1.90. The lowest BCUT2D eigenvalue weighted by molar-refractivity contribution is 0.0622. The van der Waals surface area contributed by atoms with Gasteiger partial charge in [0.05, 0.1) is 23.7 Å².